The molecule has 1 aliphatic heterocycles. The molecule has 3 unspecified atom stereocenters. The zero-order valence-corrected chi connectivity index (χ0v) is 9.63. The quantitative estimate of drug-likeness (QED) is 0.733. The van der Waals surface area contributed by atoms with Gasteiger partial charge in [0.05, 0.1) is 12.1 Å². The molecular weight excluding hydrogens is 206 g/mol. The number of likely N-dealkylation sites (tertiary alicyclic amines) is 1. The van der Waals surface area contributed by atoms with Gasteiger partial charge in [-0.1, -0.05) is 0 Å². The second-order valence-corrected chi connectivity index (χ2v) is 5.55. The number of hydrogen-bond acceptors (Lipinski definition) is 3. The maximum atomic E-state index is 11.9. The Hall–Kier alpha value is -0.610. The Balaban J connectivity index is 1.83. The van der Waals surface area contributed by atoms with Gasteiger partial charge in [0.1, 0.15) is 6.61 Å². The van der Waals surface area contributed by atoms with E-state index >= 15 is 0 Å². The molecule has 3 rings (SSSR count). The van der Waals surface area contributed by atoms with E-state index in [1.54, 1.807) is 7.11 Å². The Kier molecular flexibility index (Phi) is 2.44. The second kappa shape index (κ2) is 3.70. The van der Waals surface area contributed by atoms with Crippen molar-refractivity contribution in [1.82, 2.24) is 4.90 Å². The molecule has 2 aliphatic carbocycles. The topological polar surface area (TPSA) is 49.8 Å². The molecule has 0 aromatic carbocycles. The van der Waals surface area contributed by atoms with Crippen molar-refractivity contribution in [2.24, 2.45) is 17.8 Å². The molecule has 4 heteroatoms. The number of hydrogen-bond donors (Lipinski definition) is 1. The Morgan fingerprint density at radius 1 is 1.38 bits per heavy atom. The first kappa shape index (κ1) is 10.5. The predicted molar refractivity (Wildman–Crippen MR) is 57.7 cm³/mol. The molecule has 0 aromatic heterocycles. The molecule has 3 fully saturated rings. The van der Waals surface area contributed by atoms with Crippen molar-refractivity contribution in [3.63, 3.8) is 0 Å². The van der Waals surface area contributed by atoms with Crippen molar-refractivity contribution in [2.75, 3.05) is 20.3 Å². The number of methoxy groups -OCH3 is 1. The van der Waals surface area contributed by atoms with Crippen LogP contribution < -0.4 is 0 Å². The number of amides is 1. The molecule has 5 atom stereocenters. The van der Waals surface area contributed by atoms with Crippen LogP contribution in [0.2, 0.25) is 0 Å². The standard InChI is InChI=1S/C12H19NO3/c1-16-6-10(14)13-5-7-2-8-4-9(3-7)12(15)11(8)13/h7-9,11-12,15H,2-6H2,1H3/t7?,8?,9-,11?,12+/m1/s1. The van der Waals surface area contributed by atoms with Crippen LogP contribution in [0.25, 0.3) is 0 Å². The Morgan fingerprint density at radius 3 is 2.88 bits per heavy atom. The molecule has 3 aliphatic rings. The first-order valence-corrected chi connectivity index (χ1v) is 6.17. The lowest BCUT2D eigenvalue weighted by Gasteiger charge is -2.42. The molecule has 90 valence electrons. The molecule has 3 bridgehead atoms. The Morgan fingerprint density at radius 2 is 2.12 bits per heavy atom. The van der Waals surface area contributed by atoms with Crippen LogP contribution >= 0.6 is 0 Å². The summed E-state index contributed by atoms with van der Waals surface area (Å²) in [5.41, 5.74) is 0. The van der Waals surface area contributed by atoms with Crippen LogP contribution in [0.15, 0.2) is 0 Å². The summed E-state index contributed by atoms with van der Waals surface area (Å²) in [6.45, 7) is 0.976. The molecule has 1 amide bonds. The second-order valence-electron chi connectivity index (χ2n) is 5.55. The molecule has 16 heavy (non-hydrogen) atoms. The van der Waals surface area contributed by atoms with E-state index in [1.165, 1.54) is 6.42 Å². The fourth-order valence-electron chi connectivity index (χ4n) is 4.11. The van der Waals surface area contributed by atoms with Crippen LogP contribution in [0.4, 0.5) is 0 Å². The average Bonchev–Trinajstić information content (AvgIpc) is 2.41. The average molecular weight is 225 g/mol. The van der Waals surface area contributed by atoms with Crippen molar-refractivity contribution in [1.29, 1.82) is 0 Å². The van der Waals surface area contributed by atoms with Gasteiger partial charge >= 0.3 is 0 Å². The molecule has 0 radical (unpaired) electrons. The zero-order valence-electron chi connectivity index (χ0n) is 9.63. The van der Waals surface area contributed by atoms with Crippen LogP contribution in [-0.2, 0) is 9.53 Å². The van der Waals surface area contributed by atoms with E-state index in [-0.39, 0.29) is 24.7 Å². The van der Waals surface area contributed by atoms with Gasteiger partial charge in [-0.3, -0.25) is 4.79 Å². The highest BCUT2D eigenvalue weighted by Crippen LogP contribution is 2.50. The maximum Gasteiger partial charge on any atom is 0.248 e. The minimum atomic E-state index is -0.293. The third-order valence-electron chi connectivity index (χ3n) is 4.60. The predicted octanol–water partition coefficient (Wildman–Crippen LogP) is 0.251. The Bertz CT molecular complexity index is 303. The summed E-state index contributed by atoms with van der Waals surface area (Å²) in [6.07, 6.45) is 3.12. The molecule has 4 nitrogen and oxygen atoms in total. The number of nitrogens with zero attached hydrogens (tertiary/aromatic N) is 1. The van der Waals surface area contributed by atoms with Crippen molar-refractivity contribution in [2.45, 2.75) is 31.4 Å². The fourth-order valence-corrected chi connectivity index (χ4v) is 4.11. The number of fused-ring (bicyclic) bond motifs is 2. The minimum Gasteiger partial charge on any atom is -0.391 e. The lowest BCUT2D eigenvalue weighted by molar-refractivity contribution is -0.143. The van der Waals surface area contributed by atoms with Gasteiger partial charge in [-0.25, -0.2) is 0 Å². The number of ether oxygens (including phenoxy) is 1. The highest BCUT2D eigenvalue weighted by atomic mass is 16.5. The van der Waals surface area contributed by atoms with E-state index in [1.807, 2.05) is 4.90 Å². The number of aliphatic hydroxyl groups excluding tert-OH is 1. The smallest absolute Gasteiger partial charge is 0.248 e. The third kappa shape index (κ3) is 1.39. The van der Waals surface area contributed by atoms with Crippen molar-refractivity contribution >= 4 is 5.91 Å². The van der Waals surface area contributed by atoms with Crippen molar-refractivity contribution < 1.29 is 14.6 Å². The van der Waals surface area contributed by atoms with Gasteiger partial charge < -0.3 is 14.7 Å². The van der Waals surface area contributed by atoms with Crippen molar-refractivity contribution in [3.05, 3.63) is 0 Å². The first-order chi connectivity index (χ1) is 7.70. The lowest BCUT2D eigenvalue weighted by atomic mass is 9.78. The number of aliphatic hydroxyl groups is 1. The van der Waals surface area contributed by atoms with E-state index < -0.39 is 0 Å². The van der Waals surface area contributed by atoms with Gasteiger partial charge in [-0.2, -0.15) is 0 Å². The van der Waals surface area contributed by atoms with E-state index in [0.717, 1.165) is 19.4 Å². The summed E-state index contributed by atoms with van der Waals surface area (Å²) < 4.78 is 4.92. The summed E-state index contributed by atoms with van der Waals surface area (Å²) in [6, 6.07) is 0.0754. The van der Waals surface area contributed by atoms with Gasteiger partial charge in [-0.05, 0) is 37.0 Å². The number of rotatable bonds is 2. The van der Waals surface area contributed by atoms with E-state index in [9.17, 15) is 9.90 Å². The molecule has 1 N–H and O–H groups in total. The highest BCUT2D eigenvalue weighted by Gasteiger charge is 2.54. The molecule has 0 aromatic rings. The van der Waals surface area contributed by atoms with Crippen molar-refractivity contribution in [3.8, 4) is 0 Å². The summed E-state index contributed by atoms with van der Waals surface area (Å²) >= 11 is 0. The SMILES string of the molecule is COCC(=O)N1CC2CC3C[C@@H](C2)[C@H](O)C31. The van der Waals surface area contributed by atoms with E-state index in [2.05, 4.69) is 0 Å². The van der Waals surface area contributed by atoms with Crippen LogP contribution in [0, 0.1) is 17.8 Å². The molecule has 1 saturated heterocycles. The minimum absolute atomic E-state index is 0.0452. The molecular formula is C12H19NO3. The Labute approximate surface area is 95.6 Å². The highest BCUT2D eigenvalue weighted by molar-refractivity contribution is 5.78. The molecule has 2 saturated carbocycles. The van der Waals surface area contributed by atoms with Gasteiger partial charge in [0.25, 0.3) is 0 Å². The molecule has 0 spiro atoms. The molecule has 1 heterocycles. The summed E-state index contributed by atoms with van der Waals surface area (Å²) in [4.78, 5) is 13.8. The largest absolute Gasteiger partial charge is 0.391 e. The normalized spacial score (nSPS) is 45.1. The summed E-state index contributed by atoms with van der Waals surface area (Å²) in [5, 5.41) is 10.2. The number of carbonyl (C=O) groups excluding carboxylic acids is 1. The van der Waals surface area contributed by atoms with Crippen LogP contribution in [0.3, 0.4) is 0 Å². The number of piperidine rings is 1. The zero-order chi connectivity index (χ0) is 11.3. The van der Waals surface area contributed by atoms with Gasteiger partial charge in [0, 0.05) is 13.7 Å². The monoisotopic (exact) mass is 225 g/mol. The maximum absolute atomic E-state index is 11.9. The van der Waals surface area contributed by atoms with Gasteiger partial charge in [-0.15, -0.1) is 0 Å². The third-order valence-corrected chi connectivity index (χ3v) is 4.60. The van der Waals surface area contributed by atoms with Gasteiger partial charge in [0.15, 0.2) is 0 Å². The summed E-state index contributed by atoms with van der Waals surface area (Å²) in [5.74, 6) is 1.63. The van der Waals surface area contributed by atoms with Crippen LogP contribution in [0.1, 0.15) is 19.3 Å². The van der Waals surface area contributed by atoms with E-state index in [0.29, 0.717) is 17.8 Å². The van der Waals surface area contributed by atoms with Crippen LogP contribution in [0.5, 0.6) is 0 Å². The van der Waals surface area contributed by atoms with Crippen LogP contribution in [-0.4, -0.2) is 48.3 Å². The fraction of sp³-hybridized carbons (Fsp3) is 0.917. The first-order valence-electron chi connectivity index (χ1n) is 6.17. The van der Waals surface area contributed by atoms with Gasteiger partial charge in [0.2, 0.25) is 5.91 Å². The number of carbonyl (C=O) groups is 1. The summed E-state index contributed by atoms with van der Waals surface area (Å²) in [7, 11) is 1.55. The lowest BCUT2D eigenvalue weighted by Crippen LogP contribution is -2.53. The van der Waals surface area contributed by atoms with E-state index in [4.69, 9.17) is 4.74 Å².